The number of alkyl halides is 5. The predicted octanol–water partition coefficient (Wildman–Crippen LogP) is 1.50. The Labute approximate surface area is 104 Å². The van der Waals surface area contributed by atoms with E-state index in [0.717, 1.165) is 18.4 Å². The van der Waals surface area contributed by atoms with Crippen molar-refractivity contribution in [2.24, 2.45) is 0 Å². The van der Waals surface area contributed by atoms with Gasteiger partial charge in [0.2, 0.25) is 12.4 Å². The zero-order valence-electron chi connectivity index (χ0n) is 8.80. The van der Waals surface area contributed by atoms with Gasteiger partial charge in [-0.3, -0.25) is 0 Å². The van der Waals surface area contributed by atoms with Crippen LogP contribution in [0.25, 0.3) is 0 Å². The van der Waals surface area contributed by atoms with Crippen LogP contribution in [0.4, 0.5) is 22.0 Å². The molecule has 2 atom stereocenters. The molecule has 0 saturated heterocycles. The second kappa shape index (κ2) is 5.06. The summed E-state index contributed by atoms with van der Waals surface area (Å²) in [5.41, 5.74) is 0. The van der Waals surface area contributed by atoms with E-state index in [1.54, 1.807) is 0 Å². The summed E-state index contributed by atoms with van der Waals surface area (Å²) in [6.07, 6.45) is -7.77. The second-order valence-corrected chi connectivity index (χ2v) is 4.74. The van der Waals surface area contributed by atoms with E-state index in [9.17, 15) is 34.9 Å². The number of hydrogen-bond donors (Lipinski definition) is 0. The van der Waals surface area contributed by atoms with Crippen molar-refractivity contribution >= 4 is 10.1 Å². The van der Waals surface area contributed by atoms with Crippen molar-refractivity contribution in [3.05, 3.63) is 24.5 Å². The van der Waals surface area contributed by atoms with Gasteiger partial charge in [0.05, 0.1) is 6.26 Å². The molecule has 0 N–H and O–H groups in total. The summed E-state index contributed by atoms with van der Waals surface area (Å²) in [7, 11) is -6.56. The van der Waals surface area contributed by atoms with E-state index in [2.05, 4.69) is 9.47 Å². The lowest BCUT2D eigenvalue weighted by molar-refractivity contribution is -0.293. The molecule has 5 nitrogen and oxygen atoms in total. The Balaban J connectivity index is 3.03. The van der Waals surface area contributed by atoms with Crippen molar-refractivity contribution in [2.75, 3.05) is 0 Å². The van der Waals surface area contributed by atoms with Gasteiger partial charge in [0.15, 0.2) is 10.1 Å². The highest BCUT2D eigenvalue weighted by atomic mass is 32.2. The van der Waals surface area contributed by atoms with Crippen molar-refractivity contribution in [1.29, 1.82) is 0 Å². The monoisotopic (exact) mass is 309 g/mol. The van der Waals surface area contributed by atoms with Crippen LogP contribution >= 0.6 is 0 Å². The summed E-state index contributed by atoms with van der Waals surface area (Å²) < 4.78 is 102. The largest absolute Gasteiger partial charge is 0.743 e. The second-order valence-electron chi connectivity index (χ2n) is 3.29. The van der Waals surface area contributed by atoms with E-state index in [1.807, 2.05) is 0 Å². The van der Waals surface area contributed by atoms with Crippen LogP contribution in [0.5, 0.6) is 0 Å². The van der Waals surface area contributed by atoms with Crippen molar-refractivity contribution in [2.45, 2.75) is 23.8 Å². The summed E-state index contributed by atoms with van der Waals surface area (Å²) in [5, 5.41) is -5.68. The van der Waals surface area contributed by atoms with Crippen molar-refractivity contribution in [3.8, 4) is 0 Å². The normalized spacial score (nSPS) is 22.1. The van der Waals surface area contributed by atoms with Gasteiger partial charge < -0.3 is 14.0 Å². The average Bonchev–Trinajstić information content (AvgIpc) is 2.24. The Morgan fingerprint density at radius 2 is 1.79 bits per heavy atom. The maximum absolute atomic E-state index is 13.0. The number of ether oxygens (including phenoxy) is 2. The molecule has 19 heavy (non-hydrogen) atoms. The van der Waals surface area contributed by atoms with Crippen LogP contribution in [0, 0.1) is 0 Å². The van der Waals surface area contributed by atoms with Gasteiger partial charge in [-0.05, 0) is 12.2 Å². The fourth-order valence-electron chi connectivity index (χ4n) is 1.06. The lowest BCUT2D eigenvalue weighted by Crippen LogP contribution is -2.52. The molecular weight excluding hydrogens is 303 g/mol. The zero-order valence-corrected chi connectivity index (χ0v) is 9.62. The minimum absolute atomic E-state index is 0.826. The van der Waals surface area contributed by atoms with E-state index in [1.165, 1.54) is 6.08 Å². The predicted molar refractivity (Wildman–Crippen MR) is 48.7 cm³/mol. The molecule has 0 aromatic heterocycles. The van der Waals surface area contributed by atoms with Crippen molar-refractivity contribution in [1.82, 2.24) is 0 Å². The van der Waals surface area contributed by atoms with Crippen LogP contribution in [0.1, 0.15) is 0 Å². The van der Waals surface area contributed by atoms with Crippen LogP contribution in [-0.2, 0) is 19.6 Å². The SMILES string of the molecule is O=S(=O)([O-])C(F)(F)C(OC1C=CC=CO1)C(F)(F)F. The molecule has 110 valence electrons. The number of allylic oxidation sites excluding steroid dienone is 2. The third-order valence-corrected chi connectivity index (χ3v) is 2.76. The van der Waals surface area contributed by atoms with E-state index < -0.39 is 33.9 Å². The molecule has 11 heteroatoms. The highest BCUT2D eigenvalue weighted by molar-refractivity contribution is 7.86. The minimum atomic E-state index is -6.56. The van der Waals surface area contributed by atoms with Gasteiger partial charge in [-0.1, -0.05) is 6.08 Å². The maximum Gasteiger partial charge on any atom is 0.421 e. The molecule has 0 aromatic rings. The van der Waals surface area contributed by atoms with Gasteiger partial charge in [0.1, 0.15) is 0 Å². The van der Waals surface area contributed by atoms with Crippen LogP contribution in [0.15, 0.2) is 24.5 Å². The van der Waals surface area contributed by atoms with Gasteiger partial charge in [-0.15, -0.1) is 0 Å². The number of halogens is 5. The molecule has 1 heterocycles. The molecule has 2 unspecified atom stereocenters. The van der Waals surface area contributed by atoms with E-state index >= 15 is 0 Å². The first-order valence-electron chi connectivity index (χ1n) is 4.50. The van der Waals surface area contributed by atoms with Crippen molar-refractivity contribution < 1.29 is 44.4 Å². The molecule has 0 fully saturated rings. The highest BCUT2D eigenvalue weighted by Gasteiger charge is 2.62. The Morgan fingerprint density at radius 1 is 1.21 bits per heavy atom. The Morgan fingerprint density at radius 3 is 2.16 bits per heavy atom. The quantitative estimate of drug-likeness (QED) is 0.581. The molecule has 1 rings (SSSR count). The smallest absolute Gasteiger partial charge is 0.421 e. The van der Waals surface area contributed by atoms with Crippen LogP contribution < -0.4 is 0 Å². The molecule has 0 saturated carbocycles. The lowest BCUT2D eigenvalue weighted by Gasteiger charge is -2.32. The van der Waals surface area contributed by atoms with Crippen LogP contribution in [-0.4, -0.2) is 36.8 Å². The number of hydrogen-bond acceptors (Lipinski definition) is 5. The van der Waals surface area contributed by atoms with Gasteiger partial charge in [0, 0.05) is 0 Å². The summed E-state index contributed by atoms with van der Waals surface area (Å²) >= 11 is 0. The summed E-state index contributed by atoms with van der Waals surface area (Å²) in [5.74, 6) is 0. The molecule has 1 aliphatic heterocycles. The van der Waals surface area contributed by atoms with E-state index in [4.69, 9.17) is 0 Å². The molecule has 0 spiro atoms. The Hall–Kier alpha value is -1.20. The molecular formula is C8H6F5O5S-. The van der Waals surface area contributed by atoms with Gasteiger partial charge in [0.25, 0.3) is 0 Å². The van der Waals surface area contributed by atoms with Gasteiger partial charge in [-0.2, -0.15) is 22.0 Å². The fraction of sp³-hybridized carbons (Fsp3) is 0.500. The van der Waals surface area contributed by atoms with E-state index in [0.29, 0.717) is 0 Å². The fourth-order valence-corrected chi connectivity index (χ4v) is 1.51. The Kier molecular flexibility index (Phi) is 4.22. The first-order valence-corrected chi connectivity index (χ1v) is 5.91. The summed E-state index contributed by atoms with van der Waals surface area (Å²) in [4.78, 5) is 0. The number of rotatable bonds is 4. The summed E-state index contributed by atoms with van der Waals surface area (Å²) in [6.45, 7) is 0. The molecule has 0 aliphatic carbocycles. The average molecular weight is 309 g/mol. The lowest BCUT2D eigenvalue weighted by atomic mass is 10.3. The third kappa shape index (κ3) is 3.64. The molecule has 0 bridgehead atoms. The van der Waals surface area contributed by atoms with Gasteiger partial charge in [-0.25, -0.2) is 8.42 Å². The van der Waals surface area contributed by atoms with E-state index in [-0.39, 0.29) is 0 Å². The van der Waals surface area contributed by atoms with Crippen LogP contribution in [0.3, 0.4) is 0 Å². The first kappa shape index (κ1) is 15.9. The first-order chi connectivity index (χ1) is 8.46. The third-order valence-electron chi connectivity index (χ3n) is 1.88. The molecule has 1 aliphatic rings. The van der Waals surface area contributed by atoms with Crippen molar-refractivity contribution in [3.63, 3.8) is 0 Å². The standard InChI is InChI=1S/C8H7F5O5S/c9-7(10,11)6(8(12,13)19(14,15)16)18-5-3-1-2-4-17-5/h1-6H,(H,14,15,16)/p-1. The maximum atomic E-state index is 13.0. The topological polar surface area (TPSA) is 75.7 Å². The molecule has 0 amide bonds. The van der Waals surface area contributed by atoms with Gasteiger partial charge >= 0.3 is 11.4 Å². The molecule has 0 aromatic carbocycles. The summed E-state index contributed by atoms with van der Waals surface area (Å²) in [6, 6.07) is 0. The molecule has 0 radical (unpaired) electrons. The highest BCUT2D eigenvalue weighted by Crippen LogP contribution is 2.38. The minimum Gasteiger partial charge on any atom is -0.743 e. The Bertz CT molecular complexity index is 480. The van der Waals surface area contributed by atoms with Crippen LogP contribution in [0.2, 0.25) is 0 Å². The zero-order chi connectivity index (χ0) is 14.9.